The van der Waals surface area contributed by atoms with E-state index in [1.807, 2.05) is 31.1 Å². The number of pyridine rings is 1. The van der Waals surface area contributed by atoms with Crippen LogP contribution in [0.15, 0.2) is 41.1 Å². The average Bonchev–Trinajstić information content (AvgIpc) is 2.93. The SMILES string of the molecule is CN(C)C(CNC(=O)c1ccc(N)cn1)c1ccco1. The molecule has 2 rings (SSSR count). The Labute approximate surface area is 117 Å². The molecule has 1 unspecified atom stereocenters. The van der Waals surface area contributed by atoms with E-state index in [0.717, 1.165) is 5.76 Å². The van der Waals surface area contributed by atoms with Gasteiger partial charge in [-0.15, -0.1) is 0 Å². The Kier molecular flexibility index (Phi) is 4.37. The zero-order valence-corrected chi connectivity index (χ0v) is 11.5. The van der Waals surface area contributed by atoms with Crippen LogP contribution in [0.5, 0.6) is 0 Å². The van der Waals surface area contributed by atoms with E-state index in [-0.39, 0.29) is 11.9 Å². The normalized spacial score (nSPS) is 12.3. The summed E-state index contributed by atoms with van der Waals surface area (Å²) < 4.78 is 5.39. The summed E-state index contributed by atoms with van der Waals surface area (Å²) >= 11 is 0. The lowest BCUT2D eigenvalue weighted by Gasteiger charge is -2.22. The Hall–Kier alpha value is -2.34. The van der Waals surface area contributed by atoms with Gasteiger partial charge in [-0.05, 0) is 38.4 Å². The van der Waals surface area contributed by atoms with Crippen molar-refractivity contribution in [2.24, 2.45) is 0 Å². The molecule has 0 aliphatic heterocycles. The number of rotatable bonds is 5. The Morgan fingerprint density at radius 3 is 2.80 bits per heavy atom. The van der Waals surface area contributed by atoms with Crippen molar-refractivity contribution in [3.8, 4) is 0 Å². The first-order valence-electron chi connectivity index (χ1n) is 6.27. The van der Waals surface area contributed by atoms with Gasteiger partial charge in [0.2, 0.25) is 0 Å². The molecule has 0 aromatic carbocycles. The van der Waals surface area contributed by atoms with Crippen LogP contribution in [-0.4, -0.2) is 36.4 Å². The summed E-state index contributed by atoms with van der Waals surface area (Å²) in [6.45, 7) is 0.436. The van der Waals surface area contributed by atoms with Crippen molar-refractivity contribution >= 4 is 11.6 Å². The van der Waals surface area contributed by atoms with Gasteiger partial charge in [0.05, 0.1) is 24.2 Å². The minimum absolute atomic E-state index is 0.0252. The van der Waals surface area contributed by atoms with Crippen LogP contribution in [-0.2, 0) is 0 Å². The summed E-state index contributed by atoms with van der Waals surface area (Å²) in [6, 6.07) is 6.94. The molecule has 0 aliphatic carbocycles. The van der Waals surface area contributed by atoms with Gasteiger partial charge in [0.25, 0.3) is 5.91 Å². The lowest BCUT2D eigenvalue weighted by atomic mass is 10.2. The lowest BCUT2D eigenvalue weighted by Crippen LogP contribution is -2.34. The third-order valence-electron chi connectivity index (χ3n) is 2.97. The van der Waals surface area contributed by atoms with Crippen molar-refractivity contribution < 1.29 is 9.21 Å². The summed E-state index contributed by atoms with van der Waals surface area (Å²) in [5.74, 6) is 0.573. The van der Waals surface area contributed by atoms with E-state index in [1.54, 1.807) is 18.4 Å². The van der Waals surface area contributed by atoms with E-state index in [4.69, 9.17) is 10.2 Å². The summed E-state index contributed by atoms with van der Waals surface area (Å²) in [4.78, 5) is 18.0. The van der Waals surface area contributed by atoms with E-state index < -0.39 is 0 Å². The van der Waals surface area contributed by atoms with Crippen LogP contribution in [0.2, 0.25) is 0 Å². The van der Waals surface area contributed by atoms with E-state index >= 15 is 0 Å². The number of nitrogens with zero attached hydrogens (tertiary/aromatic N) is 2. The number of amides is 1. The highest BCUT2D eigenvalue weighted by Gasteiger charge is 2.18. The van der Waals surface area contributed by atoms with Crippen molar-refractivity contribution in [3.63, 3.8) is 0 Å². The van der Waals surface area contributed by atoms with E-state index in [1.165, 1.54) is 6.20 Å². The molecule has 2 aromatic rings. The molecule has 0 spiro atoms. The van der Waals surface area contributed by atoms with Crippen LogP contribution in [0.3, 0.4) is 0 Å². The summed E-state index contributed by atoms with van der Waals surface area (Å²) in [6.07, 6.45) is 3.08. The van der Waals surface area contributed by atoms with Crippen molar-refractivity contribution in [1.29, 1.82) is 0 Å². The zero-order chi connectivity index (χ0) is 14.5. The number of aromatic nitrogens is 1. The Bertz CT molecular complexity index is 549. The molecule has 2 aromatic heterocycles. The molecule has 0 bridgehead atoms. The topological polar surface area (TPSA) is 84.4 Å². The van der Waals surface area contributed by atoms with Gasteiger partial charge in [0.15, 0.2) is 0 Å². The monoisotopic (exact) mass is 274 g/mol. The van der Waals surface area contributed by atoms with Crippen LogP contribution in [0.25, 0.3) is 0 Å². The molecule has 106 valence electrons. The Balaban J connectivity index is 1.99. The highest BCUT2D eigenvalue weighted by molar-refractivity contribution is 5.92. The molecule has 1 atom stereocenters. The zero-order valence-electron chi connectivity index (χ0n) is 11.5. The van der Waals surface area contributed by atoms with E-state index in [0.29, 0.717) is 17.9 Å². The van der Waals surface area contributed by atoms with Crippen LogP contribution in [0, 0.1) is 0 Å². The number of likely N-dealkylation sites (N-methyl/N-ethyl adjacent to an activating group) is 1. The number of carbonyl (C=O) groups excluding carboxylic acids is 1. The molecule has 0 radical (unpaired) electrons. The number of anilines is 1. The van der Waals surface area contributed by atoms with Crippen LogP contribution in [0.4, 0.5) is 5.69 Å². The standard InChI is InChI=1S/C14H18N4O2/c1-18(2)12(13-4-3-7-20-13)9-17-14(19)11-6-5-10(15)8-16-11/h3-8,12H,9,15H2,1-2H3,(H,17,19). The minimum Gasteiger partial charge on any atom is -0.468 e. The summed E-state index contributed by atoms with van der Waals surface area (Å²) in [5.41, 5.74) is 6.41. The van der Waals surface area contributed by atoms with E-state index in [2.05, 4.69) is 10.3 Å². The fourth-order valence-corrected chi connectivity index (χ4v) is 1.84. The number of nitrogens with two attached hydrogens (primary N) is 1. The smallest absolute Gasteiger partial charge is 0.269 e. The molecule has 20 heavy (non-hydrogen) atoms. The molecule has 3 N–H and O–H groups in total. The summed E-state index contributed by atoms with van der Waals surface area (Å²) in [7, 11) is 3.86. The van der Waals surface area contributed by atoms with Crippen LogP contribution >= 0.6 is 0 Å². The second-order valence-corrected chi connectivity index (χ2v) is 4.68. The van der Waals surface area contributed by atoms with Gasteiger partial charge in [-0.1, -0.05) is 0 Å². The van der Waals surface area contributed by atoms with Gasteiger partial charge >= 0.3 is 0 Å². The fourth-order valence-electron chi connectivity index (χ4n) is 1.84. The van der Waals surface area contributed by atoms with Crippen molar-refractivity contribution in [2.45, 2.75) is 6.04 Å². The van der Waals surface area contributed by atoms with Gasteiger partial charge in [0.1, 0.15) is 11.5 Å². The predicted octanol–water partition coefficient (Wildman–Crippen LogP) is 1.29. The second-order valence-electron chi connectivity index (χ2n) is 4.68. The average molecular weight is 274 g/mol. The highest BCUT2D eigenvalue weighted by Crippen LogP contribution is 2.17. The molecule has 1 amide bonds. The molecule has 6 nitrogen and oxygen atoms in total. The van der Waals surface area contributed by atoms with Crippen molar-refractivity contribution in [3.05, 3.63) is 48.2 Å². The maximum absolute atomic E-state index is 12.0. The number of nitrogens with one attached hydrogen (secondary N) is 1. The Morgan fingerprint density at radius 2 is 2.25 bits per heavy atom. The van der Waals surface area contributed by atoms with Gasteiger partial charge < -0.3 is 15.5 Å². The van der Waals surface area contributed by atoms with Gasteiger partial charge in [0, 0.05) is 6.54 Å². The van der Waals surface area contributed by atoms with Gasteiger partial charge in [-0.25, -0.2) is 4.98 Å². The highest BCUT2D eigenvalue weighted by atomic mass is 16.3. The second kappa shape index (κ2) is 6.21. The molecular formula is C14H18N4O2. The molecule has 0 fully saturated rings. The van der Waals surface area contributed by atoms with Crippen LogP contribution in [0.1, 0.15) is 22.3 Å². The minimum atomic E-state index is -0.233. The third-order valence-corrected chi connectivity index (χ3v) is 2.97. The lowest BCUT2D eigenvalue weighted by molar-refractivity contribution is 0.0934. The number of hydrogen-bond acceptors (Lipinski definition) is 5. The molecular weight excluding hydrogens is 256 g/mol. The molecule has 6 heteroatoms. The van der Waals surface area contributed by atoms with Crippen molar-refractivity contribution in [2.75, 3.05) is 26.4 Å². The molecule has 0 aliphatic rings. The Morgan fingerprint density at radius 1 is 1.45 bits per heavy atom. The first-order valence-corrected chi connectivity index (χ1v) is 6.27. The number of carbonyl (C=O) groups is 1. The van der Waals surface area contributed by atoms with Crippen LogP contribution < -0.4 is 11.1 Å². The van der Waals surface area contributed by atoms with Gasteiger partial charge in [-0.2, -0.15) is 0 Å². The van der Waals surface area contributed by atoms with E-state index in [9.17, 15) is 4.79 Å². The molecule has 0 saturated heterocycles. The predicted molar refractivity (Wildman–Crippen MR) is 76.1 cm³/mol. The quantitative estimate of drug-likeness (QED) is 0.858. The first kappa shape index (κ1) is 14.1. The summed E-state index contributed by atoms with van der Waals surface area (Å²) in [5, 5.41) is 2.84. The number of hydrogen-bond donors (Lipinski definition) is 2. The number of nitrogen functional groups attached to an aromatic ring is 1. The third kappa shape index (κ3) is 3.36. The fraction of sp³-hybridized carbons (Fsp3) is 0.286. The maximum Gasteiger partial charge on any atom is 0.269 e. The number of furan rings is 1. The molecule has 2 heterocycles. The van der Waals surface area contributed by atoms with Crippen molar-refractivity contribution in [1.82, 2.24) is 15.2 Å². The first-order chi connectivity index (χ1) is 9.58. The van der Waals surface area contributed by atoms with Gasteiger partial charge in [-0.3, -0.25) is 9.69 Å². The molecule has 0 saturated carbocycles. The largest absolute Gasteiger partial charge is 0.468 e. The maximum atomic E-state index is 12.0.